The Labute approximate surface area is 166 Å². The second kappa shape index (κ2) is 8.03. The molecule has 1 saturated heterocycles. The molecule has 1 heterocycles. The van der Waals surface area contributed by atoms with Gasteiger partial charge in [-0.25, -0.2) is 8.42 Å². The zero-order chi connectivity index (χ0) is 21.2. The second-order valence-corrected chi connectivity index (χ2v) is 8.29. The van der Waals surface area contributed by atoms with Crippen LogP contribution in [0.4, 0.5) is 18.9 Å². The first kappa shape index (κ1) is 21.1. The van der Waals surface area contributed by atoms with Crippen molar-refractivity contribution in [2.75, 3.05) is 24.4 Å². The third-order valence-corrected chi connectivity index (χ3v) is 5.76. The Morgan fingerprint density at radius 3 is 2.59 bits per heavy atom. The lowest BCUT2D eigenvalue weighted by Gasteiger charge is -2.31. The van der Waals surface area contributed by atoms with Crippen molar-refractivity contribution >= 4 is 21.6 Å². The summed E-state index contributed by atoms with van der Waals surface area (Å²) in [5.41, 5.74) is -0.974. The normalized spacial score (nSPS) is 17.8. The van der Waals surface area contributed by atoms with E-state index in [4.69, 9.17) is 4.74 Å². The maximum atomic E-state index is 12.9. The lowest BCUT2D eigenvalue weighted by atomic mass is 10.1. The van der Waals surface area contributed by atoms with Crippen molar-refractivity contribution in [3.05, 3.63) is 59.7 Å². The van der Waals surface area contributed by atoms with E-state index >= 15 is 0 Å². The number of halogens is 3. The van der Waals surface area contributed by atoms with Gasteiger partial charge in [0.1, 0.15) is 0 Å². The molecule has 1 N–H and O–H groups in total. The Morgan fingerprint density at radius 1 is 1.17 bits per heavy atom. The lowest BCUT2D eigenvalue weighted by molar-refractivity contribution is -0.137. The molecule has 29 heavy (non-hydrogen) atoms. The van der Waals surface area contributed by atoms with Gasteiger partial charge in [0.05, 0.1) is 34.4 Å². The largest absolute Gasteiger partial charge is 0.416 e. The number of carbonyl (C=O) groups is 1. The number of morpholine rings is 1. The third-order valence-electron chi connectivity index (χ3n) is 4.40. The molecule has 1 atom stereocenters. The van der Waals surface area contributed by atoms with Crippen LogP contribution in [0.3, 0.4) is 0 Å². The molecule has 0 bridgehead atoms. The van der Waals surface area contributed by atoms with Crippen molar-refractivity contribution in [1.29, 1.82) is 0 Å². The molecule has 1 aliphatic heterocycles. The third kappa shape index (κ3) is 4.88. The Kier molecular flexibility index (Phi) is 5.85. The van der Waals surface area contributed by atoms with Crippen LogP contribution in [0.25, 0.3) is 0 Å². The molecule has 2 aromatic rings. The number of alkyl halides is 3. The van der Waals surface area contributed by atoms with E-state index in [2.05, 4.69) is 4.72 Å². The van der Waals surface area contributed by atoms with Gasteiger partial charge in [0, 0.05) is 13.1 Å². The van der Waals surface area contributed by atoms with Crippen LogP contribution in [0.1, 0.15) is 22.8 Å². The highest BCUT2D eigenvalue weighted by atomic mass is 32.2. The first-order valence-corrected chi connectivity index (χ1v) is 10.3. The van der Waals surface area contributed by atoms with E-state index in [9.17, 15) is 26.4 Å². The van der Waals surface area contributed by atoms with Crippen molar-refractivity contribution in [3.63, 3.8) is 0 Å². The number of rotatable bonds is 4. The van der Waals surface area contributed by atoms with E-state index in [1.807, 2.05) is 6.92 Å². The van der Waals surface area contributed by atoms with Crippen LogP contribution < -0.4 is 4.72 Å². The summed E-state index contributed by atoms with van der Waals surface area (Å²) in [5.74, 6) is -0.387. The molecule has 0 aliphatic carbocycles. The van der Waals surface area contributed by atoms with Gasteiger partial charge in [0.15, 0.2) is 0 Å². The number of para-hydroxylation sites is 1. The van der Waals surface area contributed by atoms with Crippen LogP contribution in [-0.4, -0.2) is 45.0 Å². The molecule has 6 nitrogen and oxygen atoms in total. The highest BCUT2D eigenvalue weighted by Crippen LogP contribution is 2.31. The maximum absolute atomic E-state index is 12.9. The van der Waals surface area contributed by atoms with Crippen LogP contribution in [0.2, 0.25) is 0 Å². The molecular weight excluding hydrogens is 409 g/mol. The molecule has 1 fully saturated rings. The molecule has 156 valence electrons. The number of benzene rings is 2. The van der Waals surface area contributed by atoms with Crippen LogP contribution in [0, 0.1) is 0 Å². The minimum absolute atomic E-state index is 0.00550. The molecule has 1 amide bonds. The van der Waals surface area contributed by atoms with Gasteiger partial charge in [-0.15, -0.1) is 0 Å². The number of amides is 1. The molecule has 0 saturated carbocycles. The van der Waals surface area contributed by atoms with Crippen molar-refractivity contribution in [2.24, 2.45) is 0 Å². The molecule has 0 unspecified atom stereocenters. The maximum Gasteiger partial charge on any atom is 0.416 e. The molecule has 1 aliphatic rings. The summed E-state index contributed by atoms with van der Waals surface area (Å²) in [6.45, 7) is 2.90. The van der Waals surface area contributed by atoms with E-state index in [-0.39, 0.29) is 23.3 Å². The molecule has 10 heteroatoms. The number of anilines is 1. The molecule has 0 spiro atoms. The van der Waals surface area contributed by atoms with Gasteiger partial charge in [0.2, 0.25) is 0 Å². The average Bonchev–Trinajstić information content (AvgIpc) is 2.67. The number of ether oxygens (including phenoxy) is 1. The van der Waals surface area contributed by atoms with Crippen LogP contribution in [0.15, 0.2) is 53.4 Å². The minimum atomic E-state index is -4.67. The minimum Gasteiger partial charge on any atom is -0.375 e. The first-order valence-electron chi connectivity index (χ1n) is 8.78. The Bertz CT molecular complexity index is 1010. The van der Waals surface area contributed by atoms with Crippen molar-refractivity contribution in [3.8, 4) is 0 Å². The van der Waals surface area contributed by atoms with E-state index in [0.29, 0.717) is 25.8 Å². The zero-order valence-electron chi connectivity index (χ0n) is 15.4. The number of nitrogens with one attached hydrogen (secondary N) is 1. The predicted molar refractivity (Wildman–Crippen MR) is 100 cm³/mol. The summed E-state index contributed by atoms with van der Waals surface area (Å²) in [4.78, 5) is 13.9. The fourth-order valence-electron chi connectivity index (χ4n) is 2.98. The van der Waals surface area contributed by atoms with Gasteiger partial charge in [-0.2, -0.15) is 13.2 Å². The predicted octanol–water partition coefficient (Wildman–Crippen LogP) is 3.37. The number of carbonyl (C=O) groups excluding carboxylic acids is 1. The number of sulfonamides is 1. The Balaban J connectivity index is 1.90. The summed E-state index contributed by atoms with van der Waals surface area (Å²) in [6.07, 6.45) is -4.83. The summed E-state index contributed by atoms with van der Waals surface area (Å²) < 4.78 is 71.7. The SMILES string of the molecule is C[C@H]1CN(C(=O)c2ccccc2NS(=O)(=O)c2cccc(C(F)(F)F)c2)CCO1. The van der Waals surface area contributed by atoms with E-state index in [1.165, 1.54) is 18.2 Å². The van der Waals surface area contributed by atoms with E-state index in [1.54, 1.807) is 11.0 Å². The summed E-state index contributed by atoms with van der Waals surface area (Å²) >= 11 is 0. The number of nitrogens with zero attached hydrogens (tertiary/aromatic N) is 1. The van der Waals surface area contributed by atoms with Crippen molar-refractivity contribution in [2.45, 2.75) is 24.1 Å². The lowest BCUT2D eigenvalue weighted by Crippen LogP contribution is -2.44. The highest BCUT2D eigenvalue weighted by molar-refractivity contribution is 7.92. The van der Waals surface area contributed by atoms with E-state index in [0.717, 1.165) is 18.2 Å². The van der Waals surface area contributed by atoms with Crippen molar-refractivity contribution in [1.82, 2.24) is 4.90 Å². The first-order chi connectivity index (χ1) is 13.6. The smallest absolute Gasteiger partial charge is 0.375 e. The summed E-state index contributed by atoms with van der Waals surface area (Å²) in [7, 11) is -4.34. The highest BCUT2D eigenvalue weighted by Gasteiger charge is 2.32. The standard InChI is InChI=1S/C19H19F3N2O4S/c1-13-12-24(9-10-28-13)18(25)16-7-2-3-8-17(16)23-29(26,27)15-6-4-5-14(11-15)19(20,21)22/h2-8,11,13,23H,9-10,12H2,1H3/t13-/m0/s1. The van der Waals surface area contributed by atoms with Gasteiger partial charge in [-0.05, 0) is 37.3 Å². The second-order valence-electron chi connectivity index (χ2n) is 6.61. The quantitative estimate of drug-likeness (QED) is 0.810. The average molecular weight is 428 g/mol. The Morgan fingerprint density at radius 2 is 1.90 bits per heavy atom. The molecule has 2 aromatic carbocycles. The molecule has 0 aromatic heterocycles. The van der Waals surface area contributed by atoms with Gasteiger partial charge < -0.3 is 9.64 Å². The van der Waals surface area contributed by atoms with Crippen LogP contribution in [-0.2, 0) is 20.9 Å². The van der Waals surface area contributed by atoms with Gasteiger partial charge in [0.25, 0.3) is 15.9 Å². The molecule has 0 radical (unpaired) electrons. The van der Waals surface area contributed by atoms with Gasteiger partial charge >= 0.3 is 6.18 Å². The number of hydrogen-bond donors (Lipinski definition) is 1. The van der Waals surface area contributed by atoms with Crippen molar-refractivity contribution < 1.29 is 31.1 Å². The van der Waals surface area contributed by atoms with Crippen LogP contribution >= 0.6 is 0 Å². The zero-order valence-corrected chi connectivity index (χ0v) is 16.3. The topological polar surface area (TPSA) is 75.7 Å². The molecule has 3 rings (SSSR count). The molecular formula is C19H19F3N2O4S. The number of hydrogen-bond acceptors (Lipinski definition) is 4. The fourth-order valence-corrected chi connectivity index (χ4v) is 4.10. The Hall–Kier alpha value is -2.59. The fraction of sp³-hybridized carbons (Fsp3) is 0.316. The van der Waals surface area contributed by atoms with E-state index < -0.39 is 26.7 Å². The van der Waals surface area contributed by atoms with Gasteiger partial charge in [-0.1, -0.05) is 18.2 Å². The van der Waals surface area contributed by atoms with Crippen LogP contribution in [0.5, 0.6) is 0 Å². The van der Waals surface area contributed by atoms with Gasteiger partial charge in [-0.3, -0.25) is 9.52 Å². The summed E-state index contributed by atoms with van der Waals surface area (Å²) in [6, 6.07) is 9.39. The monoisotopic (exact) mass is 428 g/mol. The summed E-state index contributed by atoms with van der Waals surface area (Å²) in [5, 5.41) is 0.